The molecule has 28 heavy (non-hydrogen) atoms. The van der Waals surface area contributed by atoms with Crippen molar-refractivity contribution in [2.45, 2.75) is 13.0 Å². The molecule has 0 aliphatic carbocycles. The number of nitrogens with one attached hydrogen (secondary N) is 1. The Bertz CT molecular complexity index is 1060. The van der Waals surface area contributed by atoms with Gasteiger partial charge in [-0.25, -0.2) is 8.78 Å². The Kier molecular flexibility index (Phi) is 4.46. The Balaban J connectivity index is 1.66. The number of fused-ring (bicyclic) bond motifs is 1. The first-order valence-corrected chi connectivity index (χ1v) is 8.66. The third-order valence-electron chi connectivity index (χ3n) is 4.86. The van der Waals surface area contributed by atoms with Gasteiger partial charge in [0.15, 0.2) is 23.1 Å². The summed E-state index contributed by atoms with van der Waals surface area (Å²) < 4.78 is 31.9. The van der Waals surface area contributed by atoms with Crippen LogP contribution in [0.4, 0.5) is 8.78 Å². The van der Waals surface area contributed by atoms with E-state index in [2.05, 4.69) is 10.2 Å². The minimum atomic E-state index is -0.959. The molecular formula is C20H17F2N3O3. The van der Waals surface area contributed by atoms with Gasteiger partial charge in [0.05, 0.1) is 18.4 Å². The van der Waals surface area contributed by atoms with Crippen molar-refractivity contribution in [3.63, 3.8) is 0 Å². The van der Waals surface area contributed by atoms with Crippen LogP contribution in [-0.2, 0) is 13.0 Å². The number of amides is 1. The molecule has 0 bridgehead atoms. The van der Waals surface area contributed by atoms with Gasteiger partial charge >= 0.3 is 0 Å². The first kappa shape index (κ1) is 18.0. The van der Waals surface area contributed by atoms with Crippen LogP contribution in [0.25, 0.3) is 11.3 Å². The molecule has 0 saturated carbocycles. The van der Waals surface area contributed by atoms with E-state index in [1.54, 1.807) is 17.0 Å². The molecule has 2 N–H and O–H groups in total. The second kappa shape index (κ2) is 6.95. The van der Waals surface area contributed by atoms with Crippen molar-refractivity contribution in [1.82, 2.24) is 15.1 Å². The van der Waals surface area contributed by atoms with Gasteiger partial charge in [-0.2, -0.15) is 5.10 Å². The van der Waals surface area contributed by atoms with E-state index < -0.39 is 11.6 Å². The van der Waals surface area contributed by atoms with E-state index in [0.29, 0.717) is 24.2 Å². The largest absolute Gasteiger partial charge is 0.504 e. The molecular weight excluding hydrogens is 368 g/mol. The molecule has 0 fully saturated rings. The van der Waals surface area contributed by atoms with Gasteiger partial charge in [-0.3, -0.25) is 9.89 Å². The Morgan fingerprint density at radius 1 is 1.25 bits per heavy atom. The molecule has 0 spiro atoms. The highest BCUT2D eigenvalue weighted by Gasteiger charge is 2.28. The van der Waals surface area contributed by atoms with Crippen LogP contribution >= 0.6 is 0 Å². The molecule has 1 aliphatic heterocycles. The van der Waals surface area contributed by atoms with E-state index in [0.717, 1.165) is 23.4 Å². The third-order valence-corrected chi connectivity index (χ3v) is 4.86. The second-order valence-corrected chi connectivity index (χ2v) is 6.49. The quantitative estimate of drug-likeness (QED) is 0.725. The van der Waals surface area contributed by atoms with Gasteiger partial charge in [0.1, 0.15) is 0 Å². The maximum absolute atomic E-state index is 13.6. The average molecular weight is 385 g/mol. The molecule has 0 radical (unpaired) electrons. The lowest BCUT2D eigenvalue weighted by molar-refractivity contribution is 0.0731. The highest BCUT2D eigenvalue weighted by molar-refractivity contribution is 5.97. The topological polar surface area (TPSA) is 78.5 Å². The van der Waals surface area contributed by atoms with Crippen molar-refractivity contribution in [3.05, 3.63) is 64.9 Å². The fourth-order valence-corrected chi connectivity index (χ4v) is 3.38. The van der Waals surface area contributed by atoms with Crippen molar-refractivity contribution in [3.8, 4) is 22.8 Å². The first-order valence-electron chi connectivity index (χ1n) is 8.66. The Labute approximate surface area is 159 Å². The standard InChI is InChI=1S/C20H17F2N3O3/c1-28-17-4-2-3-12(19(17)26)20(27)25-8-7-16-13(10-25)18(24-23-16)11-5-6-14(21)15(22)9-11/h2-6,9,26H,7-8,10H2,1H3,(H,23,24). The molecule has 144 valence electrons. The number of benzene rings is 2. The van der Waals surface area contributed by atoms with Crippen LogP contribution in [0.15, 0.2) is 36.4 Å². The van der Waals surface area contributed by atoms with Crippen molar-refractivity contribution < 1.29 is 23.4 Å². The summed E-state index contributed by atoms with van der Waals surface area (Å²) in [5.74, 6) is -2.24. The van der Waals surface area contributed by atoms with Crippen LogP contribution in [0.1, 0.15) is 21.6 Å². The maximum Gasteiger partial charge on any atom is 0.258 e. The lowest BCUT2D eigenvalue weighted by atomic mass is 10.00. The zero-order chi connectivity index (χ0) is 19.8. The van der Waals surface area contributed by atoms with E-state index in [9.17, 15) is 18.7 Å². The summed E-state index contributed by atoms with van der Waals surface area (Å²) in [4.78, 5) is 14.5. The monoisotopic (exact) mass is 385 g/mol. The lowest BCUT2D eigenvalue weighted by Gasteiger charge is -2.27. The van der Waals surface area contributed by atoms with Crippen molar-refractivity contribution >= 4 is 5.91 Å². The maximum atomic E-state index is 13.6. The third kappa shape index (κ3) is 2.96. The number of nitrogens with zero attached hydrogens (tertiary/aromatic N) is 2. The van der Waals surface area contributed by atoms with E-state index >= 15 is 0 Å². The Hall–Kier alpha value is -3.42. The summed E-state index contributed by atoms with van der Waals surface area (Å²) in [6.07, 6.45) is 0.530. The summed E-state index contributed by atoms with van der Waals surface area (Å²) in [6.45, 7) is 0.664. The molecule has 1 aliphatic rings. The molecule has 2 aromatic carbocycles. The number of ether oxygens (including phenoxy) is 1. The van der Waals surface area contributed by atoms with Gasteiger partial charge < -0.3 is 14.7 Å². The van der Waals surface area contributed by atoms with Crippen LogP contribution in [0, 0.1) is 11.6 Å². The Morgan fingerprint density at radius 2 is 2.07 bits per heavy atom. The number of methoxy groups -OCH3 is 1. The fourth-order valence-electron chi connectivity index (χ4n) is 3.38. The number of hydrogen-bond donors (Lipinski definition) is 2. The number of phenols is 1. The molecule has 1 amide bonds. The van der Waals surface area contributed by atoms with Gasteiger partial charge in [-0.1, -0.05) is 6.07 Å². The van der Waals surface area contributed by atoms with Gasteiger partial charge in [-0.15, -0.1) is 0 Å². The number of rotatable bonds is 3. The van der Waals surface area contributed by atoms with E-state index in [4.69, 9.17) is 4.74 Å². The normalized spacial score (nSPS) is 13.3. The van der Waals surface area contributed by atoms with Crippen LogP contribution in [0.3, 0.4) is 0 Å². The number of H-pyrrole nitrogens is 1. The Morgan fingerprint density at radius 3 is 2.82 bits per heavy atom. The number of halogens is 2. The number of aromatic amines is 1. The highest BCUT2D eigenvalue weighted by Crippen LogP contribution is 2.33. The van der Waals surface area contributed by atoms with Crippen LogP contribution in [0.2, 0.25) is 0 Å². The number of aromatic nitrogens is 2. The van der Waals surface area contributed by atoms with Crippen molar-refractivity contribution in [1.29, 1.82) is 0 Å². The predicted octanol–water partition coefficient (Wildman–Crippen LogP) is 3.27. The van der Waals surface area contributed by atoms with Crippen LogP contribution in [0.5, 0.6) is 11.5 Å². The summed E-state index contributed by atoms with van der Waals surface area (Å²) in [7, 11) is 1.41. The number of para-hydroxylation sites is 1. The van der Waals surface area contributed by atoms with Gasteiger partial charge in [0, 0.05) is 36.3 Å². The number of hydrogen-bond acceptors (Lipinski definition) is 4. The van der Waals surface area contributed by atoms with Crippen LogP contribution < -0.4 is 4.74 Å². The number of carbonyl (C=O) groups is 1. The smallest absolute Gasteiger partial charge is 0.258 e. The van der Waals surface area contributed by atoms with E-state index in [1.165, 1.54) is 19.2 Å². The van der Waals surface area contributed by atoms with Crippen molar-refractivity contribution in [2.75, 3.05) is 13.7 Å². The molecule has 8 heteroatoms. The number of carbonyl (C=O) groups excluding carboxylic acids is 1. The second-order valence-electron chi connectivity index (χ2n) is 6.49. The zero-order valence-electron chi connectivity index (χ0n) is 15.0. The predicted molar refractivity (Wildman–Crippen MR) is 97.0 cm³/mol. The zero-order valence-corrected chi connectivity index (χ0v) is 15.0. The van der Waals surface area contributed by atoms with Gasteiger partial charge in [-0.05, 0) is 30.3 Å². The highest BCUT2D eigenvalue weighted by atomic mass is 19.2. The summed E-state index contributed by atoms with van der Waals surface area (Å²) in [6, 6.07) is 8.31. The molecule has 0 saturated heterocycles. The molecule has 1 aromatic heterocycles. The van der Waals surface area contributed by atoms with E-state index in [1.807, 2.05) is 0 Å². The molecule has 3 aromatic rings. The summed E-state index contributed by atoms with van der Waals surface area (Å²) >= 11 is 0. The minimum absolute atomic E-state index is 0.140. The number of aromatic hydroxyl groups is 1. The minimum Gasteiger partial charge on any atom is -0.504 e. The molecule has 2 heterocycles. The van der Waals surface area contributed by atoms with Crippen LogP contribution in [-0.4, -0.2) is 39.8 Å². The molecule has 6 nitrogen and oxygen atoms in total. The van der Waals surface area contributed by atoms with Gasteiger partial charge in [0.2, 0.25) is 0 Å². The average Bonchev–Trinajstić information content (AvgIpc) is 3.13. The molecule has 0 unspecified atom stereocenters. The van der Waals surface area contributed by atoms with E-state index in [-0.39, 0.29) is 29.5 Å². The molecule has 4 rings (SSSR count). The first-order chi connectivity index (χ1) is 13.5. The van der Waals surface area contributed by atoms with Gasteiger partial charge in [0.25, 0.3) is 5.91 Å². The lowest BCUT2D eigenvalue weighted by Crippen LogP contribution is -2.36. The SMILES string of the molecule is COc1cccc(C(=O)N2CCc3[nH]nc(-c4ccc(F)c(F)c4)c3C2)c1O. The summed E-state index contributed by atoms with van der Waals surface area (Å²) in [5.41, 5.74) is 2.63. The summed E-state index contributed by atoms with van der Waals surface area (Å²) in [5, 5.41) is 17.4. The molecule has 0 atom stereocenters. The van der Waals surface area contributed by atoms with Crippen molar-refractivity contribution in [2.24, 2.45) is 0 Å². The number of phenolic OH excluding ortho intramolecular Hbond substituents is 1. The fraction of sp³-hybridized carbons (Fsp3) is 0.200.